The Morgan fingerprint density at radius 1 is 1.25 bits per heavy atom. The van der Waals surface area contributed by atoms with Crippen LogP contribution in [0, 0.1) is 12.3 Å². The van der Waals surface area contributed by atoms with Gasteiger partial charge in [0, 0.05) is 13.1 Å². The number of nitrogens with zero attached hydrogens (tertiary/aromatic N) is 1. The average molecular weight is 441 g/mol. The quantitative estimate of drug-likeness (QED) is 0.295. The van der Waals surface area contributed by atoms with Crippen molar-refractivity contribution in [3.63, 3.8) is 0 Å². The van der Waals surface area contributed by atoms with Gasteiger partial charge in [0.2, 0.25) is 0 Å². The Labute approximate surface area is 162 Å². The first-order chi connectivity index (χ1) is 11.3. The molecule has 0 heterocycles. The summed E-state index contributed by atoms with van der Waals surface area (Å²) in [5, 5.41) is 6.27. The Bertz CT molecular complexity index is 531. The summed E-state index contributed by atoms with van der Waals surface area (Å²) in [5.74, 6) is 4.30. The standard InChI is InChI=1S/C19H27N3O.HI/c1-3-14-21-19(20-4-2)22-15-13-16-9-11-18(12-10-16)23-17-7-5-6-8-17;/h1,9-12,17H,4-8,13-15H2,2H3,(H2,20,21,22);1H. The molecule has 1 fully saturated rings. The molecule has 0 saturated heterocycles. The monoisotopic (exact) mass is 441 g/mol. The smallest absolute Gasteiger partial charge is 0.192 e. The third-order valence-electron chi connectivity index (χ3n) is 3.90. The van der Waals surface area contributed by atoms with Crippen LogP contribution in [0.2, 0.25) is 0 Å². The minimum atomic E-state index is 0. The molecule has 1 aromatic rings. The second-order valence-corrected chi connectivity index (χ2v) is 5.74. The van der Waals surface area contributed by atoms with Crippen LogP contribution in [0.15, 0.2) is 29.3 Å². The van der Waals surface area contributed by atoms with E-state index in [9.17, 15) is 0 Å². The van der Waals surface area contributed by atoms with Crippen molar-refractivity contribution >= 4 is 29.9 Å². The summed E-state index contributed by atoms with van der Waals surface area (Å²) >= 11 is 0. The lowest BCUT2D eigenvalue weighted by Gasteiger charge is -2.13. The Morgan fingerprint density at radius 3 is 2.58 bits per heavy atom. The molecular formula is C19H28IN3O. The number of hydrogen-bond acceptors (Lipinski definition) is 2. The van der Waals surface area contributed by atoms with E-state index in [1.807, 2.05) is 6.92 Å². The second-order valence-electron chi connectivity index (χ2n) is 5.74. The van der Waals surface area contributed by atoms with Crippen molar-refractivity contribution in [2.24, 2.45) is 4.99 Å². The summed E-state index contributed by atoms with van der Waals surface area (Å²) in [6.45, 7) is 4.07. The van der Waals surface area contributed by atoms with E-state index in [2.05, 4.69) is 45.8 Å². The van der Waals surface area contributed by atoms with Gasteiger partial charge in [0.05, 0.1) is 12.6 Å². The van der Waals surface area contributed by atoms with Gasteiger partial charge in [0.1, 0.15) is 5.75 Å². The zero-order valence-electron chi connectivity index (χ0n) is 14.4. The number of rotatable bonds is 7. The van der Waals surface area contributed by atoms with Gasteiger partial charge in [-0.25, -0.2) is 0 Å². The van der Waals surface area contributed by atoms with Gasteiger partial charge in [0.25, 0.3) is 0 Å². The lowest BCUT2D eigenvalue weighted by Crippen LogP contribution is -2.37. The first kappa shape index (κ1) is 20.6. The number of hydrogen-bond donors (Lipinski definition) is 2. The molecule has 1 saturated carbocycles. The van der Waals surface area contributed by atoms with Gasteiger partial charge in [-0.05, 0) is 56.7 Å². The number of ether oxygens (including phenoxy) is 1. The number of benzene rings is 1. The zero-order chi connectivity index (χ0) is 16.3. The highest BCUT2D eigenvalue weighted by molar-refractivity contribution is 14.0. The molecule has 4 nitrogen and oxygen atoms in total. The Balaban J connectivity index is 0.00000288. The van der Waals surface area contributed by atoms with Crippen molar-refractivity contribution in [3.8, 4) is 18.1 Å². The van der Waals surface area contributed by atoms with Crippen LogP contribution >= 0.6 is 24.0 Å². The Morgan fingerprint density at radius 2 is 1.96 bits per heavy atom. The molecule has 0 aliphatic heterocycles. The summed E-state index contributed by atoms with van der Waals surface area (Å²) in [4.78, 5) is 4.52. The zero-order valence-corrected chi connectivity index (χ0v) is 16.7. The van der Waals surface area contributed by atoms with Gasteiger partial charge in [-0.3, -0.25) is 4.99 Å². The normalized spacial score (nSPS) is 14.6. The fraction of sp³-hybridized carbons (Fsp3) is 0.526. The fourth-order valence-corrected chi connectivity index (χ4v) is 2.71. The van der Waals surface area contributed by atoms with E-state index in [0.29, 0.717) is 12.6 Å². The molecule has 0 atom stereocenters. The minimum absolute atomic E-state index is 0. The van der Waals surface area contributed by atoms with Crippen LogP contribution in [0.5, 0.6) is 5.75 Å². The topological polar surface area (TPSA) is 45.7 Å². The lowest BCUT2D eigenvalue weighted by molar-refractivity contribution is 0.210. The maximum atomic E-state index is 5.98. The maximum Gasteiger partial charge on any atom is 0.192 e. The third kappa shape index (κ3) is 7.43. The summed E-state index contributed by atoms with van der Waals surface area (Å²) in [5.41, 5.74) is 1.26. The van der Waals surface area contributed by atoms with Gasteiger partial charge in [-0.15, -0.1) is 30.4 Å². The van der Waals surface area contributed by atoms with Crippen molar-refractivity contribution in [1.29, 1.82) is 0 Å². The van der Waals surface area contributed by atoms with Gasteiger partial charge < -0.3 is 15.4 Å². The largest absolute Gasteiger partial charge is 0.490 e. The van der Waals surface area contributed by atoms with Gasteiger partial charge >= 0.3 is 0 Å². The van der Waals surface area contributed by atoms with Gasteiger partial charge in [0.15, 0.2) is 5.96 Å². The van der Waals surface area contributed by atoms with Crippen LogP contribution in [0.25, 0.3) is 0 Å². The number of guanidine groups is 1. The first-order valence-electron chi connectivity index (χ1n) is 8.53. The van der Waals surface area contributed by atoms with E-state index in [-0.39, 0.29) is 24.0 Å². The SMILES string of the molecule is C#CCNC(=NCCc1ccc(OC2CCCC2)cc1)NCC.I. The van der Waals surface area contributed by atoms with E-state index in [1.54, 1.807) is 0 Å². The molecule has 0 amide bonds. The molecule has 1 aromatic carbocycles. The average Bonchev–Trinajstić information content (AvgIpc) is 3.07. The highest BCUT2D eigenvalue weighted by Gasteiger charge is 2.16. The molecule has 0 unspecified atom stereocenters. The fourth-order valence-electron chi connectivity index (χ4n) is 2.71. The van der Waals surface area contributed by atoms with Crippen LogP contribution in [0.1, 0.15) is 38.2 Å². The molecule has 5 heteroatoms. The van der Waals surface area contributed by atoms with Crippen LogP contribution in [0.3, 0.4) is 0 Å². The van der Waals surface area contributed by atoms with Crippen molar-refractivity contribution in [2.75, 3.05) is 19.6 Å². The third-order valence-corrected chi connectivity index (χ3v) is 3.90. The molecule has 0 radical (unpaired) electrons. The molecule has 0 bridgehead atoms. The summed E-state index contributed by atoms with van der Waals surface area (Å²) < 4.78 is 5.98. The van der Waals surface area contributed by atoms with Crippen LogP contribution in [-0.2, 0) is 6.42 Å². The number of aliphatic imine (C=N–C) groups is 1. The van der Waals surface area contributed by atoms with Crippen molar-refractivity contribution < 1.29 is 4.74 Å². The summed E-state index contributed by atoms with van der Waals surface area (Å²) in [7, 11) is 0. The van der Waals surface area contributed by atoms with Gasteiger partial charge in [-0.1, -0.05) is 18.1 Å². The predicted octanol–water partition coefficient (Wildman–Crippen LogP) is 3.36. The molecule has 2 N–H and O–H groups in total. The van der Waals surface area contributed by atoms with Gasteiger partial charge in [-0.2, -0.15) is 0 Å². The van der Waals surface area contributed by atoms with Crippen molar-refractivity contribution in [3.05, 3.63) is 29.8 Å². The number of halogens is 1. The molecule has 0 spiro atoms. The molecule has 0 aromatic heterocycles. The summed E-state index contributed by atoms with van der Waals surface area (Å²) in [6.07, 6.45) is 11.5. The molecule has 132 valence electrons. The Hall–Kier alpha value is -1.42. The lowest BCUT2D eigenvalue weighted by atomic mass is 10.1. The summed E-state index contributed by atoms with van der Waals surface area (Å²) in [6, 6.07) is 8.39. The molecular weight excluding hydrogens is 413 g/mol. The molecule has 2 rings (SSSR count). The minimum Gasteiger partial charge on any atom is -0.490 e. The van der Waals surface area contributed by atoms with E-state index in [4.69, 9.17) is 11.2 Å². The van der Waals surface area contributed by atoms with E-state index in [1.165, 1.54) is 31.2 Å². The highest BCUT2D eigenvalue weighted by Crippen LogP contribution is 2.24. The van der Waals surface area contributed by atoms with Crippen molar-refractivity contribution in [2.45, 2.75) is 45.1 Å². The molecule has 1 aliphatic rings. The molecule has 24 heavy (non-hydrogen) atoms. The van der Waals surface area contributed by atoms with E-state index >= 15 is 0 Å². The first-order valence-corrected chi connectivity index (χ1v) is 8.53. The van der Waals surface area contributed by atoms with E-state index < -0.39 is 0 Å². The van der Waals surface area contributed by atoms with Crippen molar-refractivity contribution in [1.82, 2.24) is 10.6 Å². The van der Waals surface area contributed by atoms with E-state index in [0.717, 1.165) is 31.2 Å². The Kier molecular flexibility index (Phi) is 10.3. The second kappa shape index (κ2) is 12.0. The van der Waals surface area contributed by atoms with Crippen LogP contribution < -0.4 is 15.4 Å². The van der Waals surface area contributed by atoms with Crippen LogP contribution in [-0.4, -0.2) is 31.7 Å². The predicted molar refractivity (Wildman–Crippen MR) is 111 cm³/mol. The molecule has 1 aliphatic carbocycles. The van der Waals surface area contributed by atoms with Crippen LogP contribution in [0.4, 0.5) is 0 Å². The number of nitrogens with one attached hydrogen (secondary N) is 2. The number of terminal acetylenes is 1. The highest BCUT2D eigenvalue weighted by atomic mass is 127. The maximum absolute atomic E-state index is 5.98.